The molecule has 4 heteroatoms. The van der Waals surface area contributed by atoms with Crippen LogP contribution in [0.2, 0.25) is 0 Å². The molecule has 4 aromatic carbocycles. The summed E-state index contributed by atoms with van der Waals surface area (Å²) in [5, 5.41) is 4.07. The van der Waals surface area contributed by atoms with Crippen LogP contribution in [0.4, 0.5) is 0 Å². The third-order valence-corrected chi connectivity index (χ3v) is 12.2. The highest BCUT2D eigenvalue weighted by molar-refractivity contribution is 8.11. The van der Waals surface area contributed by atoms with Crippen molar-refractivity contribution in [2.75, 3.05) is 7.11 Å². The first kappa shape index (κ1) is 23.7. The number of ether oxygens (including phenoxy) is 1. The normalized spacial score (nSPS) is 18.1. The van der Waals surface area contributed by atoms with Gasteiger partial charge in [-0.2, -0.15) is 0 Å². The number of hydrogen-bond donors (Lipinski definition) is 0. The molecule has 0 aromatic heterocycles. The Labute approximate surface area is 212 Å². The summed E-state index contributed by atoms with van der Waals surface area (Å²) in [5.41, 5.74) is 4.96. The average molecular weight is 497 g/mol. The van der Waals surface area contributed by atoms with Gasteiger partial charge in [0.1, 0.15) is 5.75 Å². The van der Waals surface area contributed by atoms with Gasteiger partial charge in [0.2, 0.25) is 0 Å². The Morgan fingerprint density at radius 1 is 0.771 bits per heavy atom. The van der Waals surface area contributed by atoms with Crippen molar-refractivity contribution in [2.24, 2.45) is 0 Å². The molecule has 0 bridgehead atoms. The lowest BCUT2D eigenvalue weighted by Crippen LogP contribution is -2.29. The van der Waals surface area contributed by atoms with E-state index in [0.717, 1.165) is 22.8 Å². The van der Waals surface area contributed by atoms with Crippen molar-refractivity contribution in [3.8, 4) is 5.75 Å². The summed E-state index contributed by atoms with van der Waals surface area (Å²) in [5.74, 6) is 0.913. The van der Waals surface area contributed by atoms with Crippen LogP contribution in [-0.2, 0) is 4.57 Å². The summed E-state index contributed by atoms with van der Waals surface area (Å²) in [7, 11) is -1.29. The smallest absolute Gasteiger partial charge is 0.156 e. The van der Waals surface area contributed by atoms with Crippen LogP contribution in [0, 0.1) is 6.92 Å². The predicted molar refractivity (Wildman–Crippen MR) is 151 cm³/mol. The van der Waals surface area contributed by atoms with E-state index in [-0.39, 0.29) is 10.9 Å². The summed E-state index contributed by atoms with van der Waals surface area (Å²) >= 11 is 1.72. The van der Waals surface area contributed by atoms with Crippen LogP contribution in [0.1, 0.15) is 29.0 Å². The number of thioether (sulfide) groups is 1. The van der Waals surface area contributed by atoms with Crippen LogP contribution >= 0.6 is 18.9 Å². The maximum Gasteiger partial charge on any atom is 0.156 e. The van der Waals surface area contributed by atoms with Crippen LogP contribution in [0.5, 0.6) is 5.75 Å². The van der Waals surface area contributed by atoms with Crippen molar-refractivity contribution in [3.63, 3.8) is 0 Å². The molecule has 4 aromatic rings. The lowest BCUT2D eigenvalue weighted by molar-refractivity contribution is 0.414. The van der Waals surface area contributed by atoms with Crippen molar-refractivity contribution in [3.05, 3.63) is 131 Å². The van der Waals surface area contributed by atoms with Gasteiger partial charge in [-0.3, -0.25) is 0 Å². The number of hydrogen-bond acceptors (Lipinski definition) is 3. The van der Waals surface area contributed by atoms with E-state index in [1.54, 1.807) is 18.9 Å². The average Bonchev–Trinajstić information content (AvgIpc) is 2.94. The standard InChI is InChI=1S/C31H29O2PS/c1-23-13-15-24(16-14-23)26-21-30(25-17-19-27(33-2)20-18-25)31(35-22-26)34(32,28-9-5-3-6-10-28)29-11-7-4-8-12-29/h3-20,22,30-31H,21H2,1-2H3/t30-,31+/m1/s1. The summed E-state index contributed by atoms with van der Waals surface area (Å²) in [6.07, 6.45) is 0.830. The van der Waals surface area contributed by atoms with E-state index in [9.17, 15) is 0 Å². The first-order valence-corrected chi connectivity index (χ1v) is 14.6. The first-order chi connectivity index (χ1) is 17.1. The SMILES string of the molecule is COc1ccc([C@H]2CC(c3ccc(C)cc3)=CS[C@@H]2P(=O)(c2ccccc2)c2ccccc2)cc1. The highest BCUT2D eigenvalue weighted by Crippen LogP contribution is 2.62. The van der Waals surface area contributed by atoms with E-state index in [1.165, 1.54) is 22.3 Å². The second kappa shape index (κ2) is 10.3. The molecule has 0 radical (unpaired) electrons. The number of benzene rings is 4. The summed E-state index contributed by atoms with van der Waals surface area (Å²) < 4.78 is 20.7. The van der Waals surface area contributed by atoms with Gasteiger partial charge >= 0.3 is 0 Å². The minimum Gasteiger partial charge on any atom is -0.497 e. The quantitative estimate of drug-likeness (QED) is 0.257. The summed E-state index contributed by atoms with van der Waals surface area (Å²) in [4.78, 5) is -0.116. The molecule has 1 heterocycles. The Bertz CT molecular complexity index is 1300. The van der Waals surface area contributed by atoms with E-state index < -0.39 is 7.14 Å². The molecule has 0 spiro atoms. The van der Waals surface area contributed by atoms with Crippen molar-refractivity contribution < 1.29 is 9.30 Å². The molecule has 5 rings (SSSR count). The Morgan fingerprint density at radius 2 is 1.34 bits per heavy atom. The second-order valence-corrected chi connectivity index (χ2v) is 13.2. The van der Waals surface area contributed by atoms with Crippen LogP contribution in [-0.4, -0.2) is 12.1 Å². The van der Waals surface area contributed by atoms with E-state index in [1.807, 2.05) is 72.8 Å². The van der Waals surface area contributed by atoms with Crippen molar-refractivity contribution in [2.45, 2.75) is 24.3 Å². The van der Waals surface area contributed by atoms with Crippen LogP contribution in [0.15, 0.2) is 115 Å². The van der Waals surface area contributed by atoms with Gasteiger partial charge in [-0.05, 0) is 47.6 Å². The van der Waals surface area contributed by atoms with Gasteiger partial charge in [0.15, 0.2) is 7.14 Å². The zero-order valence-corrected chi connectivity index (χ0v) is 21.7. The molecule has 2 atom stereocenters. The molecule has 0 unspecified atom stereocenters. The van der Waals surface area contributed by atoms with Crippen LogP contribution in [0.3, 0.4) is 0 Å². The fourth-order valence-corrected chi connectivity index (χ4v) is 10.3. The van der Waals surface area contributed by atoms with Gasteiger partial charge in [-0.1, -0.05) is 103 Å². The molecule has 0 amide bonds. The zero-order valence-electron chi connectivity index (χ0n) is 20.0. The fraction of sp³-hybridized carbons (Fsp3) is 0.161. The van der Waals surface area contributed by atoms with Crippen LogP contribution < -0.4 is 15.3 Å². The monoisotopic (exact) mass is 496 g/mol. The molecular formula is C31H29O2PS. The Balaban J connectivity index is 1.65. The summed E-state index contributed by atoms with van der Waals surface area (Å²) in [6.45, 7) is 2.11. The number of aryl methyl sites for hydroxylation is 1. The Morgan fingerprint density at radius 3 is 1.89 bits per heavy atom. The highest BCUT2D eigenvalue weighted by Gasteiger charge is 2.44. The zero-order chi connectivity index (χ0) is 24.3. The van der Waals surface area contributed by atoms with Gasteiger partial charge < -0.3 is 9.30 Å². The number of methoxy groups -OCH3 is 1. The molecule has 1 aliphatic rings. The molecule has 0 fully saturated rings. The Hall–Kier alpha value is -3.00. The van der Waals surface area contributed by atoms with Crippen molar-refractivity contribution in [1.82, 2.24) is 0 Å². The molecule has 0 aliphatic carbocycles. The molecule has 2 nitrogen and oxygen atoms in total. The van der Waals surface area contributed by atoms with E-state index in [0.29, 0.717) is 0 Å². The van der Waals surface area contributed by atoms with E-state index in [4.69, 9.17) is 4.74 Å². The van der Waals surface area contributed by atoms with E-state index >= 15 is 4.57 Å². The topological polar surface area (TPSA) is 26.3 Å². The predicted octanol–water partition coefficient (Wildman–Crippen LogP) is 7.61. The lowest BCUT2D eigenvalue weighted by atomic mass is 9.90. The third-order valence-electron chi connectivity index (χ3n) is 6.74. The van der Waals surface area contributed by atoms with Gasteiger partial charge in [0.05, 0.1) is 12.1 Å². The first-order valence-electron chi connectivity index (χ1n) is 11.9. The van der Waals surface area contributed by atoms with Crippen molar-refractivity contribution >= 4 is 35.1 Å². The van der Waals surface area contributed by atoms with Gasteiger partial charge in [-0.15, -0.1) is 11.8 Å². The molecule has 0 N–H and O–H groups in total. The van der Waals surface area contributed by atoms with Gasteiger partial charge in [0.25, 0.3) is 0 Å². The Kier molecular flexibility index (Phi) is 7.00. The maximum absolute atomic E-state index is 15.3. The van der Waals surface area contributed by atoms with Crippen LogP contribution in [0.25, 0.3) is 5.57 Å². The minimum absolute atomic E-state index is 0.0819. The van der Waals surface area contributed by atoms with E-state index in [2.05, 4.69) is 48.7 Å². The maximum atomic E-state index is 15.3. The highest BCUT2D eigenvalue weighted by atomic mass is 32.2. The third kappa shape index (κ3) is 4.76. The molecule has 176 valence electrons. The van der Waals surface area contributed by atoms with Gasteiger partial charge in [-0.25, -0.2) is 0 Å². The molecule has 0 saturated carbocycles. The van der Waals surface area contributed by atoms with Gasteiger partial charge in [0, 0.05) is 16.5 Å². The number of rotatable bonds is 6. The molecule has 0 saturated heterocycles. The molecule has 1 aliphatic heterocycles. The minimum atomic E-state index is -2.98. The second-order valence-electron chi connectivity index (χ2n) is 8.95. The molecule has 35 heavy (non-hydrogen) atoms. The fourth-order valence-electron chi connectivity index (χ4n) is 4.80. The summed E-state index contributed by atoms with van der Waals surface area (Å²) in [6, 6.07) is 37.1. The van der Waals surface area contributed by atoms with Crippen molar-refractivity contribution in [1.29, 1.82) is 0 Å². The largest absolute Gasteiger partial charge is 0.497 e. The molecular weight excluding hydrogens is 467 g/mol. The number of allylic oxidation sites excluding steroid dienone is 1. The lowest BCUT2D eigenvalue weighted by Gasteiger charge is -2.37.